The minimum atomic E-state index is -4.24. The molecule has 0 bridgehead atoms. The Morgan fingerprint density at radius 2 is 1.96 bits per heavy atom. The summed E-state index contributed by atoms with van der Waals surface area (Å²) in [6.45, 7) is 3.98. The van der Waals surface area contributed by atoms with Crippen LogP contribution in [0.5, 0.6) is 0 Å². The molecule has 0 saturated carbocycles. The van der Waals surface area contributed by atoms with Gasteiger partial charge in [-0.3, -0.25) is 9.79 Å². The van der Waals surface area contributed by atoms with E-state index in [4.69, 9.17) is 11.6 Å². The van der Waals surface area contributed by atoms with Crippen LogP contribution in [-0.4, -0.2) is 37.7 Å². The molecule has 3 N–H and O–H groups in total. The fourth-order valence-electron chi connectivity index (χ4n) is 1.89. The van der Waals surface area contributed by atoms with E-state index in [0.717, 1.165) is 5.56 Å². The van der Waals surface area contributed by atoms with Crippen molar-refractivity contribution in [2.45, 2.75) is 32.9 Å². The summed E-state index contributed by atoms with van der Waals surface area (Å²) in [4.78, 5) is 15.8. The molecule has 5 nitrogen and oxygen atoms in total. The molecule has 0 aliphatic rings. The van der Waals surface area contributed by atoms with E-state index in [-0.39, 0.29) is 55.4 Å². The molecule has 0 unspecified atom stereocenters. The van der Waals surface area contributed by atoms with Gasteiger partial charge in [-0.1, -0.05) is 17.7 Å². The molecule has 1 aromatic carbocycles. The van der Waals surface area contributed by atoms with Crippen molar-refractivity contribution in [2.24, 2.45) is 4.99 Å². The lowest BCUT2D eigenvalue weighted by atomic mass is 10.2. The maximum Gasteiger partial charge on any atom is 0.390 e. The van der Waals surface area contributed by atoms with Crippen LogP contribution in [0.25, 0.3) is 0 Å². The summed E-state index contributed by atoms with van der Waals surface area (Å²) in [5.74, 6) is 0.0162. The summed E-state index contributed by atoms with van der Waals surface area (Å²) in [7, 11) is 0. The fourth-order valence-corrected chi connectivity index (χ4v) is 2.06. The second-order valence-corrected chi connectivity index (χ2v) is 5.67. The number of carbonyl (C=O) groups is 1. The van der Waals surface area contributed by atoms with Gasteiger partial charge in [0, 0.05) is 30.2 Å². The molecule has 1 amide bonds. The van der Waals surface area contributed by atoms with Crippen molar-refractivity contribution >= 4 is 53.1 Å². The van der Waals surface area contributed by atoms with Crippen LogP contribution in [-0.2, 0) is 4.79 Å². The molecule has 26 heavy (non-hydrogen) atoms. The zero-order valence-electron chi connectivity index (χ0n) is 14.5. The van der Waals surface area contributed by atoms with Crippen molar-refractivity contribution in [3.63, 3.8) is 0 Å². The molecule has 0 radical (unpaired) electrons. The summed E-state index contributed by atoms with van der Waals surface area (Å²) >= 11 is 5.99. The molecule has 0 spiro atoms. The highest BCUT2D eigenvalue weighted by Gasteiger charge is 2.26. The van der Waals surface area contributed by atoms with Gasteiger partial charge >= 0.3 is 6.18 Å². The number of anilines is 1. The Balaban J connectivity index is 0.00000625. The first-order valence-electron chi connectivity index (χ1n) is 7.87. The number of guanidine groups is 1. The minimum absolute atomic E-state index is 0. The highest BCUT2D eigenvalue weighted by atomic mass is 127. The lowest BCUT2D eigenvalue weighted by Crippen LogP contribution is -2.39. The normalized spacial score (nSPS) is 11.5. The summed E-state index contributed by atoms with van der Waals surface area (Å²) in [6, 6.07) is 5.21. The van der Waals surface area contributed by atoms with E-state index in [9.17, 15) is 18.0 Å². The zero-order valence-corrected chi connectivity index (χ0v) is 17.6. The van der Waals surface area contributed by atoms with Gasteiger partial charge in [-0.25, -0.2) is 0 Å². The number of aliphatic imine (C=N–C) groups is 1. The monoisotopic (exact) mass is 506 g/mol. The molecule has 148 valence electrons. The second kappa shape index (κ2) is 12.2. The van der Waals surface area contributed by atoms with Crippen molar-refractivity contribution in [2.75, 3.05) is 25.0 Å². The molecular formula is C16H23ClF3IN4O. The van der Waals surface area contributed by atoms with E-state index in [2.05, 4.69) is 20.9 Å². The maximum absolute atomic E-state index is 12.1. The van der Waals surface area contributed by atoms with E-state index in [1.807, 2.05) is 0 Å². The molecule has 1 aromatic rings. The topological polar surface area (TPSA) is 65.5 Å². The number of rotatable bonds is 7. The number of nitrogens with zero attached hydrogens (tertiary/aromatic N) is 1. The number of amides is 1. The molecule has 0 aliphatic carbocycles. The molecule has 0 fully saturated rings. The number of benzene rings is 1. The van der Waals surface area contributed by atoms with E-state index in [1.165, 1.54) is 0 Å². The quantitative estimate of drug-likeness (QED) is 0.296. The highest BCUT2D eigenvalue weighted by molar-refractivity contribution is 14.0. The van der Waals surface area contributed by atoms with Crippen LogP contribution in [0, 0.1) is 6.92 Å². The number of halogens is 5. The molecule has 0 atom stereocenters. The standard InChI is InChI=1S/C16H22ClF3N4O.HI/c1-3-21-15(23-10-8-16(18,19)20)22-9-7-14(25)24-13-6-4-5-12(17)11(13)2;/h4-6H,3,7-10H2,1-2H3,(H,24,25)(H2,21,22,23);1H. The highest BCUT2D eigenvalue weighted by Crippen LogP contribution is 2.23. The number of carbonyl (C=O) groups excluding carboxylic acids is 1. The zero-order chi connectivity index (χ0) is 18.9. The Morgan fingerprint density at radius 1 is 1.27 bits per heavy atom. The van der Waals surface area contributed by atoms with Crippen molar-refractivity contribution < 1.29 is 18.0 Å². The number of alkyl halides is 3. The number of nitrogens with one attached hydrogen (secondary N) is 3. The van der Waals surface area contributed by atoms with Gasteiger partial charge in [0.05, 0.1) is 13.0 Å². The first kappa shape index (κ1) is 24.8. The van der Waals surface area contributed by atoms with Gasteiger partial charge in [-0.2, -0.15) is 13.2 Å². The summed E-state index contributed by atoms with van der Waals surface area (Å²) in [5, 5.41) is 8.97. The Hall–Kier alpha value is -1.23. The SMILES string of the molecule is CCNC(=NCCC(F)(F)F)NCCC(=O)Nc1cccc(Cl)c1C.I. The Labute approximate surface area is 173 Å². The summed E-state index contributed by atoms with van der Waals surface area (Å²) < 4.78 is 36.4. The molecule has 10 heteroatoms. The average Bonchev–Trinajstić information content (AvgIpc) is 2.50. The third-order valence-corrected chi connectivity index (χ3v) is 3.61. The van der Waals surface area contributed by atoms with Crippen LogP contribution in [0.15, 0.2) is 23.2 Å². The van der Waals surface area contributed by atoms with Gasteiger partial charge in [0.25, 0.3) is 0 Å². The summed E-state index contributed by atoms with van der Waals surface area (Å²) in [6.07, 6.45) is -5.09. The summed E-state index contributed by atoms with van der Waals surface area (Å²) in [5.41, 5.74) is 1.40. The maximum atomic E-state index is 12.1. The van der Waals surface area contributed by atoms with E-state index < -0.39 is 12.6 Å². The van der Waals surface area contributed by atoms with E-state index >= 15 is 0 Å². The van der Waals surface area contributed by atoms with Crippen molar-refractivity contribution in [1.82, 2.24) is 10.6 Å². The number of hydrogen-bond donors (Lipinski definition) is 3. The fraction of sp³-hybridized carbons (Fsp3) is 0.500. The lowest BCUT2D eigenvalue weighted by molar-refractivity contribution is -0.132. The molecule has 0 aliphatic heterocycles. The predicted octanol–water partition coefficient (Wildman–Crippen LogP) is 4.10. The van der Waals surface area contributed by atoms with E-state index in [0.29, 0.717) is 17.3 Å². The molecule has 0 heterocycles. The molecule has 1 rings (SSSR count). The van der Waals surface area contributed by atoms with Gasteiger partial charge in [-0.15, -0.1) is 24.0 Å². The van der Waals surface area contributed by atoms with Gasteiger partial charge < -0.3 is 16.0 Å². The Morgan fingerprint density at radius 3 is 2.58 bits per heavy atom. The largest absolute Gasteiger partial charge is 0.390 e. The predicted molar refractivity (Wildman–Crippen MR) is 110 cm³/mol. The van der Waals surface area contributed by atoms with Crippen LogP contribution < -0.4 is 16.0 Å². The Kier molecular flexibility index (Phi) is 11.6. The first-order chi connectivity index (χ1) is 11.7. The van der Waals surface area contributed by atoms with Crippen molar-refractivity contribution in [3.8, 4) is 0 Å². The number of hydrogen-bond acceptors (Lipinski definition) is 2. The third-order valence-electron chi connectivity index (χ3n) is 3.20. The molecular weight excluding hydrogens is 484 g/mol. The van der Waals surface area contributed by atoms with E-state index in [1.54, 1.807) is 32.0 Å². The van der Waals surface area contributed by atoms with Crippen LogP contribution in [0.1, 0.15) is 25.3 Å². The van der Waals surface area contributed by atoms with Crippen LogP contribution in [0.2, 0.25) is 5.02 Å². The third kappa shape index (κ3) is 10.0. The Bertz CT molecular complexity index is 612. The molecule has 0 aromatic heterocycles. The van der Waals surface area contributed by atoms with Gasteiger partial charge in [0.15, 0.2) is 5.96 Å². The van der Waals surface area contributed by atoms with Crippen LogP contribution in [0.4, 0.5) is 18.9 Å². The second-order valence-electron chi connectivity index (χ2n) is 5.26. The van der Waals surface area contributed by atoms with Gasteiger partial charge in [-0.05, 0) is 31.5 Å². The minimum Gasteiger partial charge on any atom is -0.357 e. The van der Waals surface area contributed by atoms with Crippen molar-refractivity contribution in [3.05, 3.63) is 28.8 Å². The van der Waals surface area contributed by atoms with Crippen LogP contribution >= 0.6 is 35.6 Å². The smallest absolute Gasteiger partial charge is 0.357 e. The average molecular weight is 507 g/mol. The van der Waals surface area contributed by atoms with Crippen LogP contribution in [0.3, 0.4) is 0 Å². The first-order valence-corrected chi connectivity index (χ1v) is 8.24. The van der Waals surface area contributed by atoms with Crippen molar-refractivity contribution in [1.29, 1.82) is 0 Å². The lowest BCUT2D eigenvalue weighted by Gasteiger charge is -2.12. The molecule has 0 saturated heterocycles. The van der Waals surface area contributed by atoms with Gasteiger partial charge in [0.2, 0.25) is 5.91 Å². The van der Waals surface area contributed by atoms with Gasteiger partial charge in [0.1, 0.15) is 0 Å².